The molecule has 92 valence electrons. The van der Waals surface area contributed by atoms with E-state index >= 15 is 0 Å². The molecule has 0 aromatic rings. The second kappa shape index (κ2) is 6.35. The topological polar surface area (TPSA) is 52.7 Å². The third-order valence-corrected chi connectivity index (χ3v) is 2.70. The summed E-state index contributed by atoms with van der Waals surface area (Å²) in [5.41, 5.74) is 0. The van der Waals surface area contributed by atoms with Crippen LogP contribution >= 0.6 is 0 Å². The minimum absolute atomic E-state index is 0.0478. The Hall–Kier alpha value is -1.26. The lowest BCUT2D eigenvalue weighted by atomic mass is 10.4. The van der Waals surface area contributed by atoms with Crippen LogP contribution in [0.25, 0.3) is 0 Å². The molecule has 1 heterocycles. The first-order chi connectivity index (χ1) is 7.65. The van der Waals surface area contributed by atoms with Gasteiger partial charge >= 0.3 is 6.03 Å². The Morgan fingerprint density at radius 3 is 2.50 bits per heavy atom. The maximum Gasteiger partial charge on any atom is 0.317 e. The molecule has 1 fully saturated rings. The Labute approximate surface area is 96.8 Å². The van der Waals surface area contributed by atoms with Gasteiger partial charge in [-0.25, -0.2) is 4.79 Å². The molecule has 1 N–H and O–H groups in total. The highest BCUT2D eigenvalue weighted by Crippen LogP contribution is 2.07. The van der Waals surface area contributed by atoms with Crippen LogP contribution in [0, 0.1) is 0 Å². The molecule has 5 nitrogen and oxygen atoms in total. The molecule has 0 aromatic carbocycles. The van der Waals surface area contributed by atoms with Crippen LogP contribution in [0.15, 0.2) is 0 Å². The quantitative estimate of drug-likeness (QED) is 0.767. The van der Waals surface area contributed by atoms with Gasteiger partial charge < -0.3 is 15.1 Å². The Morgan fingerprint density at radius 2 is 1.94 bits per heavy atom. The Balaban J connectivity index is 2.29. The standard InChI is InChI=1S/C11H21N3O2/c1-3-6-12-11(16)13(2)9-10(15)14-7-4-5-8-14/h3-9H2,1-2H3,(H,12,16). The Bertz CT molecular complexity index is 250. The van der Waals surface area contributed by atoms with E-state index in [1.807, 2.05) is 11.8 Å². The van der Waals surface area contributed by atoms with Crippen molar-refractivity contribution in [2.45, 2.75) is 26.2 Å². The number of likely N-dealkylation sites (tertiary alicyclic amines) is 1. The van der Waals surface area contributed by atoms with Gasteiger partial charge in [0.1, 0.15) is 6.54 Å². The van der Waals surface area contributed by atoms with Crippen molar-refractivity contribution < 1.29 is 9.59 Å². The van der Waals surface area contributed by atoms with Gasteiger partial charge in [-0.15, -0.1) is 0 Å². The van der Waals surface area contributed by atoms with Gasteiger partial charge in [-0.1, -0.05) is 6.92 Å². The molecule has 3 amide bonds. The molecule has 0 saturated carbocycles. The number of hydrogen-bond acceptors (Lipinski definition) is 2. The molecule has 16 heavy (non-hydrogen) atoms. The monoisotopic (exact) mass is 227 g/mol. The van der Waals surface area contributed by atoms with Crippen molar-refractivity contribution >= 4 is 11.9 Å². The summed E-state index contributed by atoms with van der Waals surface area (Å²) in [4.78, 5) is 26.5. The van der Waals surface area contributed by atoms with E-state index in [0.29, 0.717) is 6.54 Å². The first-order valence-corrected chi connectivity index (χ1v) is 5.92. The van der Waals surface area contributed by atoms with Gasteiger partial charge in [-0.05, 0) is 19.3 Å². The molecule has 0 bridgehead atoms. The van der Waals surface area contributed by atoms with Crippen molar-refractivity contribution in [3.8, 4) is 0 Å². The summed E-state index contributed by atoms with van der Waals surface area (Å²) in [5.74, 6) is 0.0478. The van der Waals surface area contributed by atoms with Gasteiger partial charge in [0.2, 0.25) is 5.91 Å². The van der Waals surface area contributed by atoms with Crippen LogP contribution in [0.1, 0.15) is 26.2 Å². The first kappa shape index (κ1) is 12.8. The van der Waals surface area contributed by atoms with E-state index in [1.165, 1.54) is 4.90 Å². The molecule has 0 unspecified atom stereocenters. The summed E-state index contributed by atoms with van der Waals surface area (Å²) >= 11 is 0. The highest BCUT2D eigenvalue weighted by Gasteiger charge is 2.20. The van der Waals surface area contributed by atoms with Crippen LogP contribution in [0.2, 0.25) is 0 Å². The van der Waals surface area contributed by atoms with Crippen molar-refractivity contribution in [3.05, 3.63) is 0 Å². The van der Waals surface area contributed by atoms with E-state index in [4.69, 9.17) is 0 Å². The van der Waals surface area contributed by atoms with Crippen LogP contribution in [-0.4, -0.2) is 55.0 Å². The van der Waals surface area contributed by atoms with E-state index in [2.05, 4.69) is 5.32 Å². The molecule has 0 spiro atoms. The summed E-state index contributed by atoms with van der Waals surface area (Å²) in [7, 11) is 1.65. The second-order valence-corrected chi connectivity index (χ2v) is 4.18. The summed E-state index contributed by atoms with van der Waals surface area (Å²) in [6.45, 7) is 4.50. The zero-order valence-corrected chi connectivity index (χ0v) is 10.2. The van der Waals surface area contributed by atoms with E-state index in [1.54, 1.807) is 7.05 Å². The average molecular weight is 227 g/mol. The van der Waals surface area contributed by atoms with Crippen LogP contribution < -0.4 is 5.32 Å². The van der Waals surface area contributed by atoms with Gasteiger partial charge in [0.15, 0.2) is 0 Å². The number of hydrogen-bond donors (Lipinski definition) is 1. The molecular formula is C11H21N3O2. The molecule has 5 heteroatoms. The number of urea groups is 1. The minimum atomic E-state index is -0.172. The zero-order chi connectivity index (χ0) is 12.0. The summed E-state index contributed by atoms with van der Waals surface area (Å²) in [5, 5.41) is 2.74. The lowest BCUT2D eigenvalue weighted by Gasteiger charge is -2.21. The molecule has 1 aliphatic rings. The van der Waals surface area contributed by atoms with Crippen LogP contribution in [0.5, 0.6) is 0 Å². The van der Waals surface area contributed by atoms with E-state index < -0.39 is 0 Å². The maximum atomic E-state index is 11.7. The van der Waals surface area contributed by atoms with Crippen LogP contribution in [0.4, 0.5) is 4.79 Å². The third-order valence-electron chi connectivity index (χ3n) is 2.70. The third kappa shape index (κ3) is 3.72. The first-order valence-electron chi connectivity index (χ1n) is 5.92. The lowest BCUT2D eigenvalue weighted by Crippen LogP contribution is -2.44. The van der Waals surface area contributed by atoms with Gasteiger partial charge in [0.25, 0.3) is 0 Å². The molecule has 1 aliphatic heterocycles. The van der Waals surface area contributed by atoms with Gasteiger partial charge in [0.05, 0.1) is 0 Å². The van der Waals surface area contributed by atoms with E-state index in [9.17, 15) is 9.59 Å². The molecular weight excluding hydrogens is 206 g/mol. The van der Waals surface area contributed by atoms with Crippen molar-refractivity contribution in [2.24, 2.45) is 0 Å². The molecule has 0 radical (unpaired) electrons. The van der Waals surface area contributed by atoms with Crippen molar-refractivity contribution in [2.75, 3.05) is 33.2 Å². The van der Waals surface area contributed by atoms with Gasteiger partial charge in [-0.2, -0.15) is 0 Å². The SMILES string of the molecule is CCCNC(=O)N(C)CC(=O)N1CCCC1. The fourth-order valence-corrected chi connectivity index (χ4v) is 1.71. The smallest absolute Gasteiger partial charge is 0.317 e. The van der Waals surface area contributed by atoms with Crippen molar-refractivity contribution in [1.82, 2.24) is 15.1 Å². The number of likely N-dealkylation sites (N-methyl/N-ethyl adjacent to an activating group) is 1. The number of carbonyl (C=O) groups excluding carboxylic acids is 2. The number of rotatable bonds is 4. The van der Waals surface area contributed by atoms with Crippen molar-refractivity contribution in [1.29, 1.82) is 0 Å². The van der Waals surface area contributed by atoms with E-state index in [0.717, 1.165) is 32.4 Å². The summed E-state index contributed by atoms with van der Waals surface area (Å²) < 4.78 is 0. The lowest BCUT2D eigenvalue weighted by molar-refractivity contribution is -0.130. The van der Waals surface area contributed by atoms with Gasteiger partial charge in [-0.3, -0.25) is 4.79 Å². The maximum absolute atomic E-state index is 11.7. The van der Waals surface area contributed by atoms with Crippen LogP contribution in [-0.2, 0) is 4.79 Å². The molecule has 0 aromatic heterocycles. The molecule has 1 rings (SSSR count). The largest absolute Gasteiger partial charge is 0.341 e. The average Bonchev–Trinajstić information content (AvgIpc) is 2.79. The highest BCUT2D eigenvalue weighted by molar-refractivity contribution is 5.84. The highest BCUT2D eigenvalue weighted by atomic mass is 16.2. The second-order valence-electron chi connectivity index (χ2n) is 4.18. The summed E-state index contributed by atoms with van der Waals surface area (Å²) in [6.07, 6.45) is 3.06. The van der Waals surface area contributed by atoms with Crippen molar-refractivity contribution in [3.63, 3.8) is 0 Å². The number of amides is 3. The molecule has 0 aliphatic carbocycles. The Kier molecular flexibility index (Phi) is 5.08. The molecule has 1 saturated heterocycles. The predicted molar refractivity (Wildman–Crippen MR) is 62.1 cm³/mol. The van der Waals surface area contributed by atoms with E-state index in [-0.39, 0.29) is 18.5 Å². The van der Waals surface area contributed by atoms with Crippen LogP contribution in [0.3, 0.4) is 0 Å². The number of nitrogens with one attached hydrogen (secondary N) is 1. The normalized spacial score (nSPS) is 15.0. The zero-order valence-electron chi connectivity index (χ0n) is 10.2. The fraction of sp³-hybridized carbons (Fsp3) is 0.818. The fourth-order valence-electron chi connectivity index (χ4n) is 1.71. The van der Waals surface area contributed by atoms with Gasteiger partial charge in [0, 0.05) is 26.7 Å². The Morgan fingerprint density at radius 1 is 1.31 bits per heavy atom. The minimum Gasteiger partial charge on any atom is -0.341 e. The predicted octanol–water partition coefficient (Wildman–Crippen LogP) is 0.660. The summed E-state index contributed by atoms with van der Waals surface area (Å²) in [6, 6.07) is -0.172. The number of nitrogens with zero attached hydrogens (tertiary/aromatic N) is 2. The molecule has 0 atom stereocenters. The number of carbonyl (C=O) groups is 2.